The van der Waals surface area contributed by atoms with Gasteiger partial charge in [-0.05, 0) is 35.9 Å². The van der Waals surface area contributed by atoms with Crippen molar-refractivity contribution in [3.63, 3.8) is 0 Å². The lowest BCUT2D eigenvalue weighted by atomic mass is 10.0. The lowest BCUT2D eigenvalue weighted by Crippen LogP contribution is -1.97. The van der Waals surface area contributed by atoms with E-state index < -0.39 is 0 Å². The molecule has 0 saturated heterocycles. The fourth-order valence-corrected chi connectivity index (χ4v) is 2.56. The van der Waals surface area contributed by atoms with Gasteiger partial charge in [0.2, 0.25) is 0 Å². The van der Waals surface area contributed by atoms with E-state index in [2.05, 4.69) is 23.2 Å². The summed E-state index contributed by atoms with van der Waals surface area (Å²) in [5.41, 5.74) is 1.78. The summed E-state index contributed by atoms with van der Waals surface area (Å²) in [5, 5.41) is 2.29. The SMILES string of the molecule is CCOc1ccc2ccccc2c1C=Nc1ccccc1OC. The lowest BCUT2D eigenvalue weighted by molar-refractivity contribution is 0.340. The van der Waals surface area contributed by atoms with Gasteiger partial charge in [-0.25, -0.2) is 0 Å². The van der Waals surface area contributed by atoms with Crippen LogP contribution in [0.1, 0.15) is 12.5 Å². The Hall–Kier alpha value is -2.81. The number of rotatable bonds is 5. The molecule has 0 aliphatic carbocycles. The average molecular weight is 305 g/mol. The first-order chi connectivity index (χ1) is 11.3. The Morgan fingerprint density at radius 1 is 0.913 bits per heavy atom. The molecule has 0 saturated carbocycles. The Balaban J connectivity index is 2.10. The monoisotopic (exact) mass is 305 g/mol. The van der Waals surface area contributed by atoms with Gasteiger partial charge < -0.3 is 9.47 Å². The molecule has 3 aromatic carbocycles. The van der Waals surface area contributed by atoms with E-state index in [1.54, 1.807) is 7.11 Å². The number of fused-ring (bicyclic) bond motifs is 1. The zero-order valence-corrected chi connectivity index (χ0v) is 13.3. The van der Waals surface area contributed by atoms with Crippen molar-refractivity contribution in [2.24, 2.45) is 4.99 Å². The number of para-hydroxylation sites is 2. The number of methoxy groups -OCH3 is 1. The quantitative estimate of drug-likeness (QED) is 0.621. The molecule has 3 rings (SSSR count). The molecule has 0 amide bonds. The highest BCUT2D eigenvalue weighted by Gasteiger charge is 2.07. The lowest BCUT2D eigenvalue weighted by Gasteiger charge is -2.10. The zero-order valence-electron chi connectivity index (χ0n) is 13.3. The van der Waals surface area contributed by atoms with E-state index in [9.17, 15) is 0 Å². The second-order valence-electron chi connectivity index (χ2n) is 5.06. The molecule has 0 unspecified atom stereocenters. The normalized spacial score (nSPS) is 11.0. The van der Waals surface area contributed by atoms with Crippen molar-refractivity contribution in [1.82, 2.24) is 0 Å². The Bertz CT molecular complexity index is 840. The van der Waals surface area contributed by atoms with Crippen LogP contribution in [0, 0.1) is 0 Å². The maximum absolute atomic E-state index is 5.77. The molecule has 0 atom stereocenters. The molecule has 23 heavy (non-hydrogen) atoms. The van der Waals surface area contributed by atoms with Crippen LogP contribution in [0.15, 0.2) is 65.7 Å². The number of hydrogen-bond acceptors (Lipinski definition) is 3. The van der Waals surface area contributed by atoms with Crippen LogP contribution in [-0.4, -0.2) is 19.9 Å². The van der Waals surface area contributed by atoms with Crippen LogP contribution < -0.4 is 9.47 Å². The third-order valence-corrected chi connectivity index (χ3v) is 3.65. The van der Waals surface area contributed by atoms with Crippen molar-refractivity contribution in [3.8, 4) is 11.5 Å². The van der Waals surface area contributed by atoms with Gasteiger partial charge in [0, 0.05) is 11.8 Å². The summed E-state index contributed by atoms with van der Waals surface area (Å²) in [4.78, 5) is 4.61. The van der Waals surface area contributed by atoms with E-state index in [4.69, 9.17) is 9.47 Å². The first-order valence-corrected chi connectivity index (χ1v) is 7.65. The molecular formula is C20H19NO2. The highest BCUT2D eigenvalue weighted by atomic mass is 16.5. The summed E-state index contributed by atoms with van der Waals surface area (Å²) in [6, 6.07) is 20.0. The molecule has 0 aromatic heterocycles. The van der Waals surface area contributed by atoms with Crippen molar-refractivity contribution in [2.45, 2.75) is 6.92 Å². The van der Waals surface area contributed by atoms with Crippen molar-refractivity contribution >= 4 is 22.7 Å². The summed E-state index contributed by atoms with van der Waals surface area (Å²) >= 11 is 0. The smallest absolute Gasteiger partial charge is 0.144 e. The predicted octanol–water partition coefficient (Wildman–Crippen LogP) is 5.00. The predicted molar refractivity (Wildman–Crippen MR) is 95.4 cm³/mol. The fraction of sp³-hybridized carbons (Fsp3) is 0.150. The number of ether oxygens (including phenoxy) is 2. The largest absolute Gasteiger partial charge is 0.494 e. The topological polar surface area (TPSA) is 30.8 Å². The van der Waals surface area contributed by atoms with Crippen LogP contribution in [0.5, 0.6) is 11.5 Å². The Morgan fingerprint density at radius 3 is 2.52 bits per heavy atom. The second kappa shape index (κ2) is 6.97. The molecule has 3 aromatic rings. The molecular weight excluding hydrogens is 286 g/mol. The Labute approximate surface area is 136 Å². The Kier molecular flexibility index (Phi) is 4.57. The molecule has 0 heterocycles. The second-order valence-corrected chi connectivity index (χ2v) is 5.06. The van der Waals surface area contributed by atoms with E-state index in [0.29, 0.717) is 6.61 Å². The number of hydrogen-bond donors (Lipinski definition) is 0. The van der Waals surface area contributed by atoms with Crippen LogP contribution >= 0.6 is 0 Å². The minimum Gasteiger partial charge on any atom is -0.494 e. The summed E-state index contributed by atoms with van der Waals surface area (Å²) in [7, 11) is 1.65. The maximum Gasteiger partial charge on any atom is 0.144 e. The van der Waals surface area contributed by atoms with Gasteiger partial charge in [0.1, 0.15) is 17.2 Å². The minimum absolute atomic E-state index is 0.619. The van der Waals surface area contributed by atoms with Gasteiger partial charge in [0.05, 0.1) is 13.7 Å². The number of nitrogens with zero attached hydrogens (tertiary/aromatic N) is 1. The molecule has 3 heteroatoms. The van der Waals surface area contributed by atoms with Gasteiger partial charge >= 0.3 is 0 Å². The molecule has 0 aliphatic rings. The summed E-state index contributed by atoms with van der Waals surface area (Å²) in [5.74, 6) is 1.59. The molecule has 0 aliphatic heterocycles. The van der Waals surface area contributed by atoms with Crippen LogP contribution in [0.3, 0.4) is 0 Å². The van der Waals surface area contributed by atoms with Crippen molar-refractivity contribution < 1.29 is 9.47 Å². The van der Waals surface area contributed by atoms with Crippen LogP contribution in [0.2, 0.25) is 0 Å². The van der Waals surface area contributed by atoms with Crippen LogP contribution in [0.25, 0.3) is 10.8 Å². The van der Waals surface area contributed by atoms with E-state index in [-0.39, 0.29) is 0 Å². The van der Waals surface area contributed by atoms with Gasteiger partial charge in [0.25, 0.3) is 0 Å². The molecule has 0 N–H and O–H groups in total. The first kappa shape index (κ1) is 15.1. The highest BCUT2D eigenvalue weighted by Crippen LogP contribution is 2.30. The van der Waals surface area contributed by atoms with Crippen LogP contribution in [0.4, 0.5) is 5.69 Å². The fourth-order valence-electron chi connectivity index (χ4n) is 2.56. The molecule has 3 nitrogen and oxygen atoms in total. The summed E-state index contributed by atoms with van der Waals surface area (Å²) in [6.07, 6.45) is 1.85. The average Bonchev–Trinajstić information content (AvgIpc) is 2.61. The highest BCUT2D eigenvalue weighted by molar-refractivity contribution is 6.03. The van der Waals surface area contributed by atoms with E-state index >= 15 is 0 Å². The van der Waals surface area contributed by atoms with Gasteiger partial charge in [-0.3, -0.25) is 4.99 Å². The van der Waals surface area contributed by atoms with Gasteiger partial charge in [0.15, 0.2) is 0 Å². The van der Waals surface area contributed by atoms with E-state index in [0.717, 1.165) is 33.5 Å². The van der Waals surface area contributed by atoms with Crippen molar-refractivity contribution in [2.75, 3.05) is 13.7 Å². The zero-order chi connectivity index (χ0) is 16.1. The third-order valence-electron chi connectivity index (χ3n) is 3.65. The standard InChI is InChI=1S/C20H19NO2/c1-3-23-19-13-12-15-8-4-5-9-16(15)17(19)14-21-18-10-6-7-11-20(18)22-2/h4-14H,3H2,1-2H3. The maximum atomic E-state index is 5.77. The number of aliphatic imine (C=N–C) groups is 1. The molecule has 0 radical (unpaired) electrons. The molecule has 0 fully saturated rings. The molecule has 0 spiro atoms. The van der Waals surface area contributed by atoms with Crippen LogP contribution in [-0.2, 0) is 0 Å². The van der Waals surface area contributed by atoms with E-state index in [1.807, 2.05) is 55.6 Å². The van der Waals surface area contributed by atoms with Gasteiger partial charge in [-0.15, -0.1) is 0 Å². The van der Waals surface area contributed by atoms with Gasteiger partial charge in [-0.1, -0.05) is 42.5 Å². The third kappa shape index (κ3) is 3.19. The van der Waals surface area contributed by atoms with Crippen molar-refractivity contribution in [1.29, 1.82) is 0 Å². The van der Waals surface area contributed by atoms with Gasteiger partial charge in [-0.2, -0.15) is 0 Å². The van der Waals surface area contributed by atoms with E-state index in [1.165, 1.54) is 0 Å². The van der Waals surface area contributed by atoms with Crippen molar-refractivity contribution in [3.05, 3.63) is 66.2 Å². The number of benzene rings is 3. The Morgan fingerprint density at radius 2 is 1.70 bits per heavy atom. The first-order valence-electron chi connectivity index (χ1n) is 7.65. The minimum atomic E-state index is 0.619. The molecule has 116 valence electrons. The molecule has 0 bridgehead atoms. The summed E-state index contributed by atoms with van der Waals surface area (Å²) < 4.78 is 11.1. The summed E-state index contributed by atoms with van der Waals surface area (Å²) in [6.45, 7) is 2.60.